The Morgan fingerprint density at radius 2 is 1.75 bits per heavy atom. The molecule has 0 saturated carbocycles. The molecule has 1 amide bonds. The van der Waals surface area contributed by atoms with Crippen molar-refractivity contribution < 1.29 is 38.9 Å². The molecule has 0 unspecified atom stereocenters. The van der Waals surface area contributed by atoms with E-state index in [1.807, 2.05) is 0 Å². The average Bonchev–Trinajstić information content (AvgIpc) is 2.52. The number of carboxylic acid groups (broad SMARTS) is 1. The van der Waals surface area contributed by atoms with Crippen LogP contribution in [0.2, 0.25) is 0 Å². The quantitative estimate of drug-likeness (QED) is 0.326. The number of aliphatic carboxylic acids is 1. The minimum atomic E-state index is -1.00. The lowest BCUT2D eigenvalue weighted by molar-refractivity contribution is -0.138. The van der Waals surface area contributed by atoms with Crippen LogP contribution >= 0.6 is 0 Å². The maximum Gasteiger partial charge on any atom is 0.303 e. The highest BCUT2D eigenvalue weighted by atomic mass is 16.5. The molecule has 0 saturated heterocycles. The van der Waals surface area contributed by atoms with Gasteiger partial charge in [-0.15, -0.1) is 0 Å². The third-order valence-electron chi connectivity index (χ3n) is 3.10. The molecule has 24 heavy (non-hydrogen) atoms. The molecule has 0 fully saturated rings. The zero-order valence-electron chi connectivity index (χ0n) is 13.8. The predicted molar refractivity (Wildman–Crippen MR) is 82.4 cm³/mol. The van der Waals surface area contributed by atoms with Crippen LogP contribution in [0.4, 0.5) is 0 Å². The normalized spacial score (nSPS) is 11.8. The molecule has 0 rings (SSSR count). The van der Waals surface area contributed by atoms with Gasteiger partial charge in [0.1, 0.15) is 19.0 Å². The topological polar surface area (TPSA) is 139 Å². The SMILES string of the molecule is CC(=O)[C@H](CCC(=O)O)CC(=O)COCCOCCNC(=O)CO. The van der Waals surface area contributed by atoms with Gasteiger partial charge in [-0.2, -0.15) is 0 Å². The minimum absolute atomic E-state index is 0.0311. The second-order valence-corrected chi connectivity index (χ2v) is 5.16. The Morgan fingerprint density at radius 3 is 2.33 bits per heavy atom. The number of rotatable bonds is 15. The molecular formula is C15H25NO8. The molecule has 0 heterocycles. The van der Waals surface area contributed by atoms with E-state index in [9.17, 15) is 19.2 Å². The number of Topliss-reactive ketones (excluding diaryl/α,β-unsaturated/α-hetero) is 2. The van der Waals surface area contributed by atoms with Crippen LogP contribution < -0.4 is 5.32 Å². The third kappa shape index (κ3) is 12.7. The van der Waals surface area contributed by atoms with E-state index in [1.54, 1.807) is 0 Å². The van der Waals surface area contributed by atoms with E-state index in [4.69, 9.17) is 19.7 Å². The van der Waals surface area contributed by atoms with Crippen LogP contribution in [0.3, 0.4) is 0 Å². The number of ether oxygens (including phenoxy) is 2. The zero-order valence-corrected chi connectivity index (χ0v) is 13.8. The van der Waals surface area contributed by atoms with Crippen molar-refractivity contribution in [1.29, 1.82) is 0 Å². The summed E-state index contributed by atoms with van der Waals surface area (Å²) in [6, 6.07) is 0. The van der Waals surface area contributed by atoms with Crippen LogP contribution in [0.5, 0.6) is 0 Å². The summed E-state index contributed by atoms with van der Waals surface area (Å²) in [4.78, 5) is 44.3. The molecule has 0 aromatic carbocycles. The highest BCUT2D eigenvalue weighted by molar-refractivity contribution is 5.87. The van der Waals surface area contributed by atoms with Gasteiger partial charge in [-0.1, -0.05) is 0 Å². The highest BCUT2D eigenvalue weighted by Gasteiger charge is 2.19. The van der Waals surface area contributed by atoms with Crippen LogP contribution in [-0.4, -0.2) is 73.2 Å². The minimum Gasteiger partial charge on any atom is -0.481 e. The number of amides is 1. The van der Waals surface area contributed by atoms with Crippen LogP contribution in [0.15, 0.2) is 0 Å². The molecular weight excluding hydrogens is 322 g/mol. The van der Waals surface area contributed by atoms with Gasteiger partial charge in [0, 0.05) is 25.3 Å². The number of ketones is 2. The van der Waals surface area contributed by atoms with Crippen LogP contribution in [-0.2, 0) is 28.7 Å². The fourth-order valence-corrected chi connectivity index (χ4v) is 1.80. The lowest BCUT2D eigenvalue weighted by atomic mass is 9.93. The number of carboxylic acids is 1. The van der Waals surface area contributed by atoms with E-state index in [0.29, 0.717) is 0 Å². The number of hydrogen-bond acceptors (Lipinski definition) is 7. The molecule has 1 atom stereocenters. The zero-order chi connectivity index (χ0) is 18.4. The fraction of sp³-hybridized carbons (Fsp3) is 0.733. The van der Waals surface area contributed by atoms with E-state index >= 15 is 0 Å². The van der Waals surface area contributed by atoms with Crippen molar-refractivity contribution in [1.82, 2.24) is 5.32 Å². The van der Waals surface area contributed by atoms with E-state index < -0.39 is 24.4 Å². The Kier molecular flexibility index (Phi) is 12.5. The number of aliphatic hydroxyl groups excluding tert-OH is 1. The second-order valence-electron chi connectivity index (χ2n) is 5.16. The Labute approximate surface area is 140 Å². The molecule has 0 spiro atoms. The summed E-state index contributed by atoms with van der Waals surface area (Å²) < 4.78 is 10.3. The third-order valence-corrected chi connectivity index (χ3v) is 3.10. The Bertz CT molecular complexity index is 424. The highest BCUT2D eigenvalue weighted by Crippen LogP contribution is 2.13. The second kappa shape index (κ2) is 13.6. The van der Waals surface area contributed by atoms with Crippen molar-refractivity contribution in [2.24, 2.45) is 5.92 Å². The van der Waals surface area contributed by atoms with Gasteiger partial charge in [0.05, 0.1) is 19.8 Å². The van der Waals surface area contributed by atoms with Crippen molar-refractivity contribution in [3.63, 3.8) is 0 Å². The summed E-state index contributed by atoms with van der Waals surface area (Å²) in [6.07, 6.45) is -0.0468. The van der Waals surface area contributed by atoms with Crippen molar-refractivity contribution >= 4 is 23.4 Å². The molecule has 0 aromatic rings. The Balaban J connectivity index is 3.71. The summed E-state index contributed by atoms with van der Waals surface area (Å²) in [5.41, 5.74) is 0. The lowest BCUT2D eigenvalue weighted by Crippen LogP contribution is -2.29. The number of carbonyl (C=O) groups is 4. The maximum absolute atomic E-state index is 11.7. The molecule has 3 N–H and O–H groups in total. The monoisotopic (exact) mass is 347 g/mol. The van der Waals surface area contributed by atoms with Crippen molar-refractivity contribution in [2.75, 3.05) is 39.6 Å². The van der Waals surface area contributed by atoms with Crippen molar-refractivity contribution in [3.8, 4) is 0 Å². The molecule has 0 aliphatic rings. The summed E-state index contributed by atoms with van der Waals surface area (Å²) >= 11 is 0. The molecule has 0 bridgehead atoms. The van der Waals surface area contributed by atoms with Crippen molar-refractivity contribution in [2.45, 2.75) is 26.2 Å². The van der Waals surface area contributed by atoms with Gasteiger partial charge in [0.2, 0.25) is 5.91 Å². The first-order valence-electron chi connectivity index (χ1n) is 7.63. The van der Waals surface area contributed by atoms with Gasteiger partial charge in [-0.3, -0.25) is 19.2 Å². The average molecular weight is 347 g/mol. The molecule has 9 nitrogen and oxygen atoms in total. The standard InChI is InChI=1S/C15H25NO8/c1-11(18)12(2-3-15(21)22)8-13(19)10-24-7-6-23-5-4-16-14(20)9-17/h12,17H,2-10H2,1H3,(H,16,20)(H,21,22)/t12-/m1/s1. The van der Waals surface area contributed by atoms with Gasteiger partial charge in [0.25, 0.3) is 0 Å². The van der Waals surface area contributed by atoms with Gasteiger partial charge < -0.3 is 25.0 Å². The number of hydrogen-bond donors (Lipinski definition) is 3. The molecule has 0 aliphatic heterocycles. The van der Waals surface area contributed by atoms with Gasteiger partial charge >= 0.3 is 5.97 Å². The first-order valence-corrected chi connectivity index (χ1v) is 7.63. The molecule has 0 radical (unpaired) electrons. The number of aliphatic hydroxyl groups is 1. The van der Waals surface area contributed by atoms with Crippen LogP contribution in [0, 0.1) is 5.92 Å². The summed E-state index contributed by atoms with van der Waals surface area (Å²) in [5, 5.41) is 19.5. The summed E-state index contributed by atoms with van der Waals surface area (Å²) in [5.74, 6) is -2.56. The van der Waals surface area contributed by atoms with E-state index in [1.165, 1.54) is 6.92 Å². The summed E-state index contributed by atoms with van der Waals surface area (Å²) in [6.45, 7) is 1.54. The Hall–Kier alpha value is -1.84. The first kappa shape index (κ1) is 22.2. The number of nitrogens with one attached hydrogen (secondary N) is 1. The van der Waals surface area contributed by atoms with Gasteiger partial charge in [0.15, 0.2) is 5.78 Å². The summed E-state index contributed by atoms with van der Waals surface area (Å²) in [7, 11) is 0. The van der Waals surface area contributed by atoms with Crippen LogP contribution in [0.25, 0.3) is 0 Å². The largest absolute Gasteiger partial charge is 0.481 e. The first-order chi connectivity index (χ1) is 11.4. The lowest BCUT2D eigenvalue weighted by Gasteiger charge is -2.12. The molecule has 0 aromatic heterocycles. The van der Waals surface area contributed by atoms with E-state index in [-0.39, 0.29) is 63.8 Å². The van der Waals surface area contributed by atoms with E-state index in [0.717, 1.165) is 0 Å². The number of carbonyl (C=O) groups excluding carboxylic acids is 3. The smallest absolute Gasteiger partial charge is 0.303 e. The van der Waals surface area contributed by atoms with E-state index in [2.05, 4.69) is 5.32 Å². The fourth-order valence-electron chi connectivity index (χ4n) is 1.80. The van der Waals surface area contributed by atoms with Crippen molar-refractivity contribution in [3.05, 3.63) is 0 Å². The molecule has 0 aliphatic carbocycles. The maximum atomic E-state index is 11.7. The van der Waals surface area contributed by atoms with Crippen LogP contribution in [0.1, 0.15) is 26.2 Å². The van der Waals surface area contributed by atoms with Gasteiger partial charge in [-0.05, 0) is 13.3 Å². The predicted octanol–water partition coefficient (Wildman–Crippen LogP) is -0.843. The molecule has 9 heteroatoms. The Morgan fingerprint density at radius 1 is 1.08 bits per heavy atom. The van der Waals surface area contributed by atoms with Gasteiger partial charge in [-0.25, -0.2) is 0 Å². The molecule has 138 valence electrons.